The van der Waals surface area contributed by atoms with Gasteiger partial charge in [-0.05, 0) is 90.4 Å². The molecule has 2 amide bonds. The monoisotopic (exact) mass is 1110 g/mol. The molecule has 0 aliphatic carbocycles. The zero-order chi connectivity index (χ0) is 55.2. The van der Waals surface area contributed by atoms with E-state index in [-0.39, 0.29) is 73.9 Å². The summed E-state index contributed by atoms with van der Waals surface area (Å²) in [6.45, 7) is 9.07. The van der Waals surface area contributed by atoms with Crippen molar-refractivity contribution < 1.29 is 37.7 Å². The van der Waals surface area contributed by atoms with E-state index in [9.17, 15) is 14.4 Å². The number of nitrogens with zero attached hydrogens (tertiary/aromatic N) is 5. The topological polar surface area (TPSA) is 196 Å². The van der Waals surface area contributed by atoms with Crippen LogP contribution in [-0.2, 0) is 25.5 Å². The number of pyridine rings is 1. The van der Waals surface area contributed by atoms with E-state index in [2.05, 4.69) is 41.0 Å². The number of ketones is 1. The third kappa shape index (κ3) is 15.6. The molecule has 0 bridgehead atoms. The number of amides is 2. The molecule has 0 saturated carbocycles. The molecule has 2 aliphatic rings. The Morgan fingerprint density at radius 1 is 0.857 bits per heavy atom. The summed E-state index contributed by atoms with van der Waals surface area (Å²) in [5.41, 5.74) is 18.8. The molecule has 0 spiro atoms. The van der Waals surface area contributed by atoms with Gasteiger partial charge in [0, 0.05) is 90.1 Å². The van der Waals surface area contributed by atoms with E-state index in [0.29, 0.717) is 124 Å². The fourth-order valence-corrected chi connectivity index (χ4v) is 9.98. The first-order valence-electron chi connectivity index (χ1n) is 25.5. The number of fused-ring (bicyclic) bond motifs is 1. The number of nitrogens with one attached hydrogen (secondary N) is 1. The predicted octanol–water partition coefficient (Wildman–Crippen LogP) is 10.0. The molecule has 1 saturated heterocycles. The number of nitrogens with two attached hydrogens (primary N) is 2. The highest BCUT2D eigenvalue weighted by Crippen LogP contribution is 2.40. The molecular weight excluding hydrogens is 1050 g/mol. The second-order valence-electron chi connectivity index (χ2n) is 20.0. The molecule has 1 aromatic heterocycles. The van der Waals surface area contributed by atoms with Crippen molar-refractivity contribution in [2.24, 2.45) is 21.1 Å². The molecule has 1 fully saturated rings. The van der Waals surface area contributed by atoms with Gasteiger partial charge in [0.15, 0.2) is 11.6 Å². The first-order chi connectivity index (χ1) is 36.9. The maximum atomic E-state index is 15.3. The molecule has 15 nitrogen and oxygen atoms in total. The van der Waals surface area contributed by atoms with Gasteiger partial charge in [-0.15, -0.1) is 0 Å². The summed E-state index contributed by atoms with van der Waals surface area (Å²) in [5, 5.41) is 4.27. The van der Waals surface area contributed by atoms with E-state index in [1.54, 1.807) is 59.8 Å². The van der Waals surface area contributed by atoms with Crippen LogP contribution in [0.15, 0.2) is 107 Å². The number of hydrogen-bond donors (Lipinski definition) is 3. The van der Waals surface area contributed by atoms with Crippen molar-refractivity contribution in [3.63, 3.8) is 0 Å². The Bertz CT molecular complexity index is 3000. The molecule has 0 radical (unpaired) electrons. The summed E-state index contributed by atoms with van der Waals surface area (Å²) < 4.78 is 37.8. The standard InChI is InChI=1S/C58H66Cl3FN8O7/c1-58(2,3)30-42-34-69(35-48(37-12-14-39(59)15-13-37)70(42)57-47(63)28-41(61)33-68-57)53(73)29-52(72)66-21-23-77-25-24-76-22-7-9-49(71)44-17-11-36(26-51(44)75-5)19-20-65-31-38-32-67-56(54-46(62)8-6-10-50(54)74-4)45-27-40(60)16-18-43(45)55(38)64/h6,8,10-18,26-28,31,33,42,48H,7,9,19-25,29-30,32,34-35,63-64H2,1-5H3,(H,66,72)/t42-,48-/m0/s1. The summed E-state index contributed by atoms with van der Waals surface area (Å²) in [7, 11) is 3.01. The summed E-state index contributed by atoms with van der Waals surface area (Å²) in [5.74, 6) is 0.161. The zero-order valence-electron chi connectivity index (χ0n) is 44.1. The molecule has 2 aliphatic heterocycles. The van der Waals surface area contributed by atoms with Crippen LogP contribution in [0.2, 0.25) is 15.1 Å². The van der Waals surface area contributed by atoms with Gasteiger partial charge in [0.25, 0.3) is 0 Å². The summed E-state index contributed by atoms with van der Waals surface area (Å²) >= 11 is 18.9. The van der Waals surface area contributed by atoms with Gasteiger partial charge in [-0.2, -0.15) is 0 Å². The van der Waals surface area contributed by atoms with Crippen LogP contribution in [0.4, 0.5) is 15.9 Å². The van der Waals surface area contributed by atoms with Crippen molar-refractivity contribution in [3.05, 3.63) is 151 Å². The van der Waals surface area contributed by atoms with Crippen molar-refractivity contribution in [1.82, 2.24) is 15.2 Å². The Morgan fingerprint density at radius 3 is 2.32 bits per heavy atom. The lowest BCUT2D eigenvalue weighted by atomic mass is 9.85. The fourth-order valence-electron chi connectivity index (χ4n) is 9.52. The molecule has 4 aromatic carbocycles. The molecule has 7 rings (SSSR count). The summed E-state index contributed by atoms with van der Waals surface area (Å²) in [6.07, 6.45) is 4.98. The number of benzene rings is 4. The Morgan fingerprint density at radius 2 is 1.60 bits per heavy atom. The number of hydrogen-bond acceptors (Lipinski definition) is 13. The van der Waals surface area contributed by atoms with Crippen molar-refractivity contribution in [1.29, 1.82) is 0 Å². The number of methoxy groups -OCH3 is 2. The SMILES string of the molecule is COc1cc(CCN=CC2=C(N)c3ccc(Cl)cc3C(c3c(F)cccc3OC)=NC2)ccc1C(=O)CCCOCCOCCNC(=O)CC(=O)N1C[C@H](CC(C)(C)C)N(c2ncc(Cl)cc2N)[C@H](c2ccc(Cl)cc2)C1. The number of carbonyl (C=O) groups excluding carboxylic acids is 3. The number of piperazine rings is 1. The fraction of sp³-hybridized carbons (Fsp3) is 0.379. The van der Waals surface area contributed by atoms with Crippen molar-refractivity contribution >= 4 is 81.5 Å². The smallest absolute Gasteiger partial charge is 0.232 e. The summed E-state index contributed by atoms with van der Waals surface area (Å²) in [6, 6.07) is 24.0. The van der Waals surface area contributed by atoms with Gasteiger partial charge in [-0.1, -0.05) is 85.9 Å². The largest absolute Gasteiger partial charge is 0.496 e. The van der Waals surface area contributed by atoms with Crippen LogP contribution in [0, 0.1) is 11.2 Å². The highest BCUT2D eigenvalue weighted by molar-refractivity contribution is 6.32. The van der Waals surface area contributed by atoms with Crippen molar-refractivity contribution in [2.75, 3.05) is 84.0 Å². The normalized spacial score (nSPS) is 15.8. The molecule has 77 heavy (non-hydrogen) atoms. The highest BCUT2D eigenvalue weighted by atomic mass is 35.5. The Hall–Kier alpha value is -6.56. The van der Waals surface area contributed by atoms with Gasteiger partial charge >= 0.3 is 0 Å². The maximum absolute atomic E-state index is 15.3. The highest BCUT2D eigenvalue weighted by Gasteiger charge is 2.41. The molecule has 19 heteroatoms. The molecular formula is C58H66Cl3FN8O7. The van der Waals surface area contributed by atoms with Crippen LogP contribution in [0.3, 0.4) is 0 Å². The van der Waals surface area contributed by atoms with E-state index in [1.807, 2.05) is 36.4 Å². The van der Waals surface area contributed by atoms with E-state index in [0.717, 1.165) is 11.1 Å². The Kier molecular flexibility index (Phi) is 20.5. The number of halogens is 4. The Balaban J connectivity index is 0.816. The number of rotatable bonds is 23. The molecule has 0 unspecified atom stereocenters. The third-order valence-corrected chi connectivity index (χ3v) is 13.8. The molecule has 5 aromatic rings. The van der Waals surface area contributed by atoms with Gasteiger partial charge in [-0.3, -0.25) is 24.4 Å². The second kappa shape index (κ2) is 27.2. The number of anilines is 2. The maximum Gasteiger partial charge on any atom is 0.232 e. The number of aromatic nitrogens is 1. The molecule has 2 atom stereocenters. The van der Waals surface area contributed by atoms with Crippen LogP contribution in [0.1, 0.15) is 90.7 Å². The number of nitrogen functional groups attached to an aromatic ring is 1. The van der Waals surface area contributed by atoms with E-state index >= 15 is 4.39 Å². The third-order valence-electron chi connectivity index (χ3n) is 13.1. The van der Waals surface area contributed by atoms with Gasteiger partial charge in [-0.25, -0.2) is 9.37 Å². The number of aliphatic imine (C=N–C) groups is 2. The lowest BCUT2D eigenvalue weighted by Crippen LogP contribution is -2.58. The second-order valence-corrected chi connectivity index (χ2v) is 21.3. The molecule has 5 N–H and O–H groups in total. The van der Waals surface area contributed by atoms with Crippen LogP contribution < -0.4 is 31.2 Å². The van der Waals surface area contributed by atoms with Crippen molar-refractivity contribution in [3.8, 4) is 11.5 Å². The van der Waals surface area contributed by atoms with Crippen LogP contribution >= 0.6 is 34.8 Å². The number of Topliss-reactive ketones (excluding diaryl/α,β-unsaturated/α-hetero) is 1. The minimum Gasteiger partial charge on any atom is -0.496 e. The van der Waals surface area contributed by atoms with E-state index < -0.39 is 11.7 Å². The molecule has 408 valence electrons. The first-order valence-corrected chi connectivity index (χ1v) is 26.6. The van der Waals surface area contributed by atoms with Crippen LogP contribution in [0.25, 0.3) is 5.70 Å². The minimum atomic E-state index is -0.480. The van der Waals surface area contributed by atoms with Crippen LogP contribution in [0.5, 0.6) is 11.5 Å². The predicted molar refractivity (Wildman–Crippen MR) is 304 cm³/mol. The lowest BCUT2D eigenvalue weighted by Gasteiger charge is -2.49. The van der Waals surface area contributed by atoms with E-state index in [4.69, 9.17) is 70.2 Å². The number of ether oxygens (including phenoxy) is 4. The first kappa shape index (κ1) is 58.1. The lowest BCUT2D eigenvalue weighted by molar-refractivity contribution is -0.137. The summed E-state index contributed by atoms with van der Waals surface area (Å²) in [4.78, 5) is 58.1. The average Bonchev–Trinajstić information content (AvgIpc) is 3.54. The van der Waals surface area contributed by atoms with Gasteiger partial charge in [0.05, 0.1) is 74.2 Å². The van der Waals surface area contributed by atoms with E-state index in [1.165, 1.54) is 20.3 Å². The van der Waals surface area contributed by atoms with Gasteiger partial charge in [0.1, 0.15) is 23.7 Å². The minimum absolute atomic E-state index is 0.0699. The Labute approximate surface area is 464 Å². The van der Waals surface area contributed by atoms with Gasteiger partial charge < -0.3 is 45.5 Å². The average molecular weight is 1110 g/mol. The quantitative estimate of drug-likeness (QED) is 0.0244. The molecule has 3 heterocycles. The number of carbonyl (C=O) groups is 3. The van der Waals surface area contributed by atoms with Crippen molar-refractivity contribution in [2.45, 2.75) is 65.0 Å². The zero-order valence-corrected chi connectivity index (χ0v) is 46.3. The van der Waals surface area contributed by atoms with Gasteiger partial charge in [0.2, 0.25) is 11.8 Å². The van der Waals surface area contributed by atoms with Crippen LogP contribution in [-0.4, -0.2) is 119 Å².